The van der Waals surface area contributed by atoms with E-state index in [9.17, 15) is 19.8 Å². The number of ketones is 1. The number of aromatic nitrogens is 2. The van der Waals surface area contributed by atoms with Crippen LogP contribution in [0.1, 0.15) is 29.9 Å². The molecule has 2 heterocycles. The molecule has 0 aromatic carbocycles. The number of nitrogen functional groups attached to an aromatic ring is 1. The van der Waals surface area contributed by atoms with E-state index in [4.69, 9.17) is 15.6 Å². The van der Waals surface area contributed by atoms with Gasteiger partial charge in [0.1, 0.15) is 24.1 Å². The van der Waals surface area contributed by atoms with Gasteiger partial charge in [-0.15, -0.1) is 0 Å². The van der Waals surface area contributed by atoms with Gasteiger partial charge in [0, 0.05) is 12.6 Å². The van der Waals surface area contributed by atoms with Crippen molar-refractivity contribution in [1.29, 1.82) is 0 Å². The van der Waals surface area contributed by atoms with Crippen LogP contribution in [-0.2, 0) is 4.74 Å². The Morgan fingerprint density at radius 3 is 2.67 bits per heavy atom. The van der Waals surface area contributed by atoms with Crippen LogP contribution in [0.5, 0.6) is 0 Å². The molecule has 0 radical (unpaired) electrons. The second kappa shape index (κ2) is 5.90. The second-order valence-corrected chi connectivity index (χ2v) is 4.74. The summed E-state index contributed by atoms with van der Waals surface area (Å²) < 4.78 is 6.12. The van der Waals surface area contributed by atoms with Crippen LogP contribution >= 0.6 is 0 Å². The number of aliphatic hydroxyl groups is 3. The summed E-state index contributed by atoms with van der Waals surface area (Å²) in [4.78, 5) is 27.1. The molecule has 1 fully saturated rings. The zero-order valence-electron chi connectivity index (χ0n) is 11.3. The van der Waals surface area contributed by atoms with Crippen molar-refractivity contribution in [3.05, 3.63) is 22.2 Å². The van der Waals surface area contributed by atoms with Gasteiger partial charge in [0.2, 0.25) is 0 Å². The van der Waals surface area contributed by atoms with Gasteiger partial charge >= 0.3 is 5.69 Å². The minimum Gasteiger partial charge on any atom is -0.394 e. The molecule has 0 saturated carbocycles. The largest absolute Gasteiger partial charge is 0.394 e. The standard InChI is InChI=1S/C12H17N3O6/c1-2-6(17)5-3-15(12(20)14-10(5)13)11-9(19)8(18)7(4-16)21-11/h3,7-9,11,16,18-19H,2,4H2,1H3,(H2,13,14,20)/t7-,8-,9-,11-/m1/s1. The third kappa shape index (κ3) is 2.68. The zero-order valence-corrected chi connectivity index (χ0v) is 11.3. The van der Waals surface area contributed by atoms with Crippen molar-refractivity contribution in [3.8, 4) is 0 Å². The van der Waals surface area contributed by atoms with Crippen LogP contribution in [0, 0.1) is 0 Å². The monoisotopic (exact) mass is 299 g/mol. The topological polar surface area (TPSA) is 148 Å². The van der Waals surface area contributed by atoms with Gasteiger partial charge in [-0.05, 0) is 0 Å². The molecule has 0 unspecified atom stereocenters. The normalized spacial score (nSPS) is 28.8. The molecular weight excluding hydrogens is 282 g/mol. The summed E-state index contributed by atoms with van der Waals surface area (Å²) in [5.41, 5.74) is 4.76. The highest BCUT2D eigenvalue weighted by atomic mass is 16.6. The Kier molecular flexibility index (Phi) is 4.37. The molecular formula is C12H17N3O6. The molecule has 2 rings (SSSR count). The van der Waals surface area contributed by atoms with Gasteiger partial charge in [-0.25, -0.2) is 4.79 Å². The summed E-state index contributed by atoms with van der Waals surface area (Å²) in [6, 6.07) is 0. The van der Waals surface area contributed by atoms with E-state index in [0.717, 1.165) is 10.8 Å². The predicted molar refractivity (Wildman–Crippen MR) is 70.5 cm³/mol. The van der Waals surface area contributed by atoms with Crippen molar-refractivity contribution in [3.63, 3.8) is 0 Å². The molecule has 9 nitrogen and oxygen atoms in total. The summed E-state index contributed by atoms with van der Waals surface area (Å²) in [7, 11) is 0. The number of ether oxygens (including phenoxy) is 1. The minimum absolute atomic E-state index is 0.0369. The van der Waals surface area contributed by atoms with Crippen molar-refractivity contribution in [2.24, 2.45) is 0 Å². The number of hydrogen-bond donors (Lipinski definition) is 4. The van der Waals surface area contributed by atoms with Crippen molar-refractivity contribution in [2.45, 2.75) is 37.9 Å². The van der Waals surface area contributed by atoms with E-state index < -0.39 is 36.8 Å². The Morgan fingerprint density at radius 1 is 1.48 bits per heavy atom. The van der Waals surface area contributed by atoms with Gasteiger partial charge in [0.15, 0.2) is 12.0 Å². The summed E-state index contributed by atoms with van der Waals surface area (Å²) in [6.45, 7) is 1.11. The number of rotatable bonds is 4. The molecule has 1 saturated heterocycles. The number of anilines is 1. The Bertz CT molecular complexity index is 601. The van der Waals surface area contributed by atoms with Crippen LogP contribution in [0.25, 0.3) is 0 Å². The fraction of sp³-hybridized carbons (Fsp3) is 0.583. The van der Waals surface area contributed by atoms with Crippen LogP contribution in [-0.4, -0.2) is 55.6 Å². The summed E-state index contributed by atoms with van der Waals surface area (Å²) in [5.74, 6) is -0.518. The smallest absolute Gasteiger partial charge is 0.351 e. The maximum Gasteiger partial charge on any atom is 0.351 e. The maximum absolute atomic E-state index is 11.9. The summed E-state index contributed by atoms with van der Waals surface area (Å²) >= 11 is 0. The number of carbonyl (C=O) groups excluding carboxylic acids is 1. The minimum atomic E-state index is -1.44. The first kappa shape index (κ1) is 15.6. The van der Waals surface area contributed by atoms with E-state index >= 15 is 0 Å². The van der Waals surface area contributed by atoms with E-state index in [1.165, 1.54) is 0 Å². The lowest BCUT2D eigenvalue weighted by Crippen LogP contribution is -2.36. The van der Waals surface area contributed by atoms with E-state index in [-0.39, 0.29) is 23.6 Å². The Balaban J connectivity index is 2.45. The van der Waals surface area contributed by atoms with Gasteiger partial charge < -0.3 is 25.8 Å². The van der Waals surface area contributed by atoms with Crippen LogP contribution in [0.4, 0.5) is 5.82 Å². The molecule has 0 spiro atoms. The maximum atomic E-state index is 11.9. The average Bonchev–Trinajstić information content (AvgIpc) is 2.74. The fourth-order valence-corrected chi connectivity index (χ4v) is 2.18. The third-order valence-electron chi connectivity index (χ3n) is 3.39. The van der Waals surface area contributed by atoms with E-state index in [1.807, 2.05) is 0 Å². The first-order valence-corrected chi connectivity index (χ1v) is 6.45. The highest BCUT2D eigenvalue weighted by Gasteiger charge is 2.44. The zero-order chi connectivity index (χ0) is 15.7. The molecule has 0 amide bonds. The van der Waals surface area contributed by atoms with E-state index in [1.54, 1.807) is 6.92 Å². The number of Topliss-reactive ketones (excluding diaryl/α,β-unsaturated/α-hetero) is 1. The van der Waals surface area contributed by atoms with E-state index in [2.05, 4.69) is 4.98 Å². The predicted octanol–water partition coefficient (Wildman–Crippen LogP) is -1.97. The van der Waals surface area contributed by atoms with Gasteiger partial charge in [-0.1, -0.05) is 6.92 Å². The molecule has 5 N–H and O–H groups in total. The molecule has 1 aliphatic rings. The molecule has 0 bridgehead atoms. The molecule has 9 heteroatoms. The number of nitrogens with zero attached hydrogens (tertiary/aromatic N) is 2. The van der Waals surface area contributed by atoms with Crippen molar-refractivity contribution >= 4 is 11.6 Å². The lowest BCUT2D eigenvalue weighted by atomic mass is 10.1. The molecule has 1 aromatic heterocycles. The Hall–Kier alpha value is -1.81. The van der Waals surface area contributed by atoms with Crippen molar-refractivity contribution in [1.82, 2.24) is 9.55 Å². The molecule has 4 atom stereocenters. The van der Waals surface area contributed by atoms with Gasteiger partial charge in [0.05, 0.1) is 12.2 Å². The first-order valence-electron chi connectivity index (χ1n) is 6.45. The van der Waals surface area contributed by atoms with Gasteiger partial charge in [-0.2, -0.15) is 4.98 Å². The summed E-state index contributed by atoms with van der Waals surface area (Å²) in [5, 5.41) is 28.6. The van der Waals surface area contributed by atoms with Crippen LogP contribution in [0.3, 0.4) is 0 Å². The fourth-order valence-electron chi connectivity index (χ4n) is 2.18. The summed E-state index contributed by atoms with van der Waals surface area (Å²) in [6.07, 6.45) is -3.75. The van der Waals surface area contributed by atoms with Crippen LogP contribution < -0.4 is 11.4 Å². The molecule has 0 aliphatic carbocycles. The van der Waals surface area contributed by atoms with Crippen LogP contribution in [0.15, 0.2) is 11.0 Å². The number of hydrogen-bond acceptors (Lipinski definition) is 8. The lowest BCUT2D eigenvalue weighted by Gasteiger charge is -2.18. The van der Waals surface area contributed by atoms with Gasteiger partial charge in [-0.3, -0.25) is 9.36 Å². The number of carbonyl (C=O) groups is 1. The number of aliphatic hydroxyl groups excluding tert-OH is 3. The average molecular weight is 299 g/mol. The molecule has 1 aromatic rings. The first-order chi connectivity index (χ1) is 9.90. The Labute approximate surface area is 119 Å². The molecule has 21 heavy (non-hydrogen) atoms. The Morgan fingerprint density at radius 2 is 2.14 bits per heavy atom. The highest BCUT2D eigenvalue weighted by Crippen LogP contribution is 2.28. The third-order valence-corrected chi connectivity index (χ3v) is 3.39. The van der Waals surface area contributed by atoms with Crippen molar-refractivity contribution < 1.29 is 24.9 Å². The van der Waals surface area contributed by atoms with Gasteiger partial charge in [0.25, 0.3) is 0 Å². The number of nitrogens with two attached hydrogens (primary N) is 1. The van der Waals surface area contributed by atoms with Crippen LogP contribution in [0.2, 0.25) is 0 Å². The lowest BCUT2D eigenvalue weighted by molar-refractivity contribution is -0.0550. The quantitative estimate of drug-likeness (QED) is 0.468. The molecule has 1 aliphatic heterocycles. The SMILES string of the molecule is CCC(=O)c1cn([C@@H]2O[C@H](CO)[C@@H](O)[C@H]2O)c(=O)nc1N. The highest BCUT2D eigenvalue weighted by molar-refractivity contribution is 5.99. The van der Waals surface area contributed by atoms with Crippen molar-refractivity contribution in [2.75, 3.05) is 12.3 Å². The molecule has 116 valence electrons. The van der Waals surface area contributed by atoms with E-state index in [0.29, 0.717) is 0 Å². The second-order valence-electron chi connectivity index (χ2n) is 4.74.